The molecule has 0 aliphatic heterocycles. The molecule has 1 atom stereocenters. The molecule has 0 aliphatic carbocycles. The third kappa shape index (κ3) is 3.33. The van der Waals surface area contributed by atoms with Crippen molar-refractivity contribution in [2.45, 2.75) is 38.8 Å². The number of hydrogen-bond acceptors (Lipinski definition) is 6. The highest BCUT2D eigenvalue weighted by Crippen LogP contribution is 2.21. The monoisotopic (exact) mass is 291 g/mol. The van der Waals surface area contributed by atoms with Gasteiger partial charge in [-0.2, -0.15) is 10.3 Å². The molecule has 8 heteroatoms. The number of aromatic amines is 1. The summed E-state index contributed by atoms with van der Waals surface area (Å²) in [6, 6.07) is 1.64. The average Bonchev–Trinajstić information content (AvgIpc) is 2.83. The summed E-state index contributed by atoms with van der Waals surface area (Å²) < 4.78 is 5.17. The van der Waals surface area contributed by atoms with Crippen molar-refractivity contribution in [1.82, 2.24) is 25.7 Å². The van der Waals surface area contributed by atoms with E-state index in [1.165, 1.54) is 6.20 Å². The fourth-order valence-corrected chi connectivity index (χ4v) is 1.71. The molecule has 2 N–H and O–H groups in total. The third-order valence-corrected chi connectivity index (χ3v) is 2.77. The maximum atomic E-state index is 11.9. The minimum Gasteiger partial charge on any atom is -0.444 e. The van der Waals surface area contributed by atoms with Gasteiger partial charge in [0.2, 0.25) is 5.65 Å². The lowest BCUT2D eigenvalue weighted by atomic mass is 9.95. The molecule has 0 aromatic carbocycles. The highest BCUT2D eigenvalue weighted by atomic mass is 16.6. The van der Waals surface area contributed by atoms with Gasteiger partial charge in [0.05, 0.1) is 0 Å². The largest absolute Gasteiger partial charge is 0.444 e. The summed E-state index contributed by atoms with van der Waals surface area (Å²) in [4.78, 5) is 27.4. The number of carbonyl (C=O) groups excluding carboxylic acids is 2. The van der Waals surface area contributed by atoms with Gasteiger partial charge in [0.25, 0.3) is 0 Å². The van der Waals surface area contributed by atoms with Crippen LogP contribution < -0.4 is 5.32 Å². The quantitative estimate of drug-likeness (QED) is 0.824. The van der Waals surface area contributed by atoms with E-state index in [2.05, 4.69) is 25.7 Å². The first-order valence-electron chi connectivity index (χ1n) is 6.38. The van der Waals surface area contributed by atoms with Crippen LogP contribution >= 0.6 is 0 Å². The van der Waals surface area contributed by atoms with Crippen LogP contribution in [0.1, 0.15) is 33.3 Å². The summed E-state index contributed by atoms with van der Waals surface area (Å²) in [5.74, 6) is 0. The number of hydrogen-bond donors (Lipinski definition) is 2. The Morgan fingerprint density at radius 1 is 1.33 bits per heavy atom. The second kappa shape index (κ2) is 5.12. The molecule has 2 heterocycles. The van der Waals surface area contributed by atoms with E-state index in [-0.39, 0.29) is 0 Å². The highest BCUT2D eigenvalue weighted by molar-refractivity contribution is 5.79. The van der Waals surface area contributed by atoms with Crippen molar-refractivity contribution in [2.75, 3.05) is 0 Å². The van der Waals surface area contributed by atoms with Crippen LogP contribution in [0.3, 0.4) is 0 Å². The molecular formula is C13H17N5O3. The van der Waals surface area contributed by atoms with E-state index in [1.54, 1.807) is 33.8 Å². The molecule has 0 fully saturated rings. The second-order valence-electron chi connectivity index (χ2n) is 5.84. The van der Waals surface area contributed by atoms with Crippen molar-refractivity contribution in [3.8, 4) is 0 Å². The fourth-order valence-electron chi connectivity index (χ4n) is 1.71. The molecule has 2 aromatic rings. The summed E-state index contributed by atoms with van der Waals surface area (Å²) in [6.07, 6.45) is 1.41. The Morgan fingerprint density at radius 3 is 2.67 bits per heavy atom. The van der Waals surface area contributed by atoms with Crippen LogP contribution in [0.25, 0.3) is 11.2 Å². The fraction of sp³-hybridized carbons (Fsp3) is 0.462. The van der Waals surface area contributed by atoms with Crippen LogP contribution in [0.5, 0.6) is 0 Å². The number of nitrogens with one attached hydrogen (secondary N) is 2. The zero-order chi connectivity index (χ0) is 15.7. The van der Waals surface area contributed by atoms with Gasteiger partial charge in [0.1, 0.15) is 22.9 Å². The van der Waals surface area contributed by atoms with E-state index in [0.29, 0.717) is 23.0 Å². The van der Waals surface area contributed by atoms with Crippen LogP contribution in [0, 0.1) is 0 Å². The number of aromatic nitrogens is 4. The minimum atomic E-state index is -1.26. The Morgan fingerprint density at radius 2 is 2.05 bits per heavy atom. The number of pyridine rings is 1. The Balaban J connectivity index is 2.27. The molecule has 0 saturated carbocycles. The number of fused-ring (bicyclic) bond motifs is 1. The Hall–Kier alpha value is -2.51. The lowest BCUT2D eigenvalue weighted by molar-refractivity contribution is -0.113. The molecule has 2 aromatic heterocycles. The predicted octanol–water partition coefficient (Wildman–Crippen LogP) is 1.29. The number of amides is 1. The van der Waals surface area contributed by atoms with Crippen molar-refractivity contribution < 1.29 is 14.3 Å². The predicted molar refractivity (Wildman–Crippen MR) is 74.5 cm³/mol. The molecule has 1 amide bonds. The number of rotatable bonds is 3. The van der Waals surface area contributed by atoms with Gasteiger partial charge in [-0.1, -0.05) is 0 Å². The van der Waals surface area contributed by atoms with Crippen molar-refractivity contribution in [2.24, 2.45) is 0 Å². The second-order valence-corrected chi connectivity index (χ2v) is 5.84. The summed E-state index contributed by atoms with van der Waals surface area (Å²) >= 11 is 0. The van der Waals surface area contributed by atoms with Crippen molar-refractivity contribution >= 4 is 23.5 Å². The SMILES string of the molecule is CC(C)(C)OC(=O)NC(C)(C=O)c1cnc2n[nH]nc2c1. The van der Waals surface area contributed by atoms with Crippen LogP contribution in [0.15, 0.2) is 12.3 Å². The lowest BCUT2D eigenvalue weighted by Crippen LogP contribution is -2.47. The van der Waals surface area contributed by atoms with Gasteiger partial charge < -0.3 is 14.8 Å². The Bertz CT molecular complexity index is 676. The van der Waals surface area contributed by atoms with E-state index in [1.807, 2.05) is 0 Å². The zero-order valence-electron chi connectivity index (χ0n) is 12.3. The highest BCUT2D eigenvalue weighted by Gasteiger charge is 2.31. The maximum Gasteiger partial charge on any atom is 0.408 e. The number of H-pyrrole nitrogens is 1. The normalized spacial score (nSPS) is 14.5. The Kier molecular flexibility index (Phi) is 3.63. The first-order chi connectivity index (χ1) is 9.73. The van der Waals surface area contributed by atoms with Gasteiger partial charge in [-0.3, -0.25) is 0 Å². The first-order valence-corrected chi connectivity index (χ1v) is 6.38. The third-order valence-electron chi connectivity index (χ3n) is 2.77. The summed E-state index contributed by atoms with van der Waals surface area (Å²) in [5, 5.41) is 12.7. The van der Waals surface area contributed by atoms with E-state index in [0.717, 1.165) is 0 Å². The summed E-state index contributed by atoms with van der Waals surface area (Å²) in [7, 11) is 0. The molecular weight excluding hydrogens is 274 g/mol. The first kappa shape index (κ1) is 14.9. The average molecular weight is 291 g/mol. The molecule has 2 rings (SSSR count). The minimum absolute atomic E-state index is 0.435. The molecule has 8 nitrogen and oxygen atoms in total. The van der Waals surface area contributed by atoms with Gasteiger partial charge in [-0.15, -0.1) is 5.10 Å². The molecule has 0 radical (unpaired) electrons. The number of nitrogens with zero attached hydrogens (tertiary/aromatic N) is 3. The molecule has 0 aliphatic rings. The van der Waals surface area contributed by atoms with Gasteiger partial charge in [-0.25, -0.2) is 9.78 Å². The number of carbonyl (C=O) groups is 2. The molecule has 21 heavy (non-hydrogen) atoms. The number of ether oxygens (including phenoxy) is 1. The smallest absolute Gasteiger partial charge is 0.408 e. The lowest BCUT2D eigenvalue weighted by Gasteiger charge is -2.27. The van der Waals surface area contributed by atoms with E-state index >= 15 is 0 Å². The molecule has 112 valence electrons. The van der Waals surface area contributed by atoms with Crippen LogP contribution in [-0.4, -0.2) is 38.4 Å². The number of aldehydes is 1. The van der Waals surface area contributed by atoms with E-state index < -0.39 is 17.2 Å². The summed E-state index contributed by atoms with van der Waals surface area (Å²) in [6.45, 7) is 6.79. The van der Waals surface area contributed by atoms with Crippen LogP contribution in [0.2, 0.25) is 0 Å². The Labute approximate surface area is 121 Å². The molecule has 0 saturated heterocycles. The van der Waals surface area contributed by atoms with Crippen molar-refractivity contribution in [3.63, 3.8) is 0 Å². The van der Waals surface area contributed by atoms with Crippen molar-refractivity contribution in [1.29, 1.82) is 0 Å². The van der Waals surface area contributed by atoms with Gasteiger partial charge in [0, 0.05) is 11.8 Å². The zero-order valence-corrected chi connectivity index (χ0v) is 12.3. The van der Waals surface area contributed by atoms with Gasteiger partial charge in [-0.05, 0) is 33.8 Å². The van der Waals surface area contributed by atoms with E-state index in [9.17, 15) is 9.59 Å². The standard InChI is InChI=1S/C13H17N5O3/c1-12(2,3)21-11(20)15-13(4,7-19)8-5-9-10(14-6-8)17-18-16-9/h5-7H,1-4H3,(H,15,20)(H,14,16,17,18). The topological polar surface area (TPSA) is 110 Å². The van der Waals surface area contributed by atoms with E-state index in [4.69, 9.17) is 4.74 Å². The molecule has 0 bridgehead atoms. The van der Waals surface area contributed by atoms with Gasteiger partial charge >= 0.3 is 6.09 Å². The number of alkyl carbamates (subject to hydrolysis) is 1. The van der Waals surface area contributed by atoms with Crippen molar-refractivity contribution in [3.05, 3.63) is 17.8 Å². The molecule has 1 unspecified atom stereocenters. The van der Waals surface area contributed by atoms with Crippen LogP contribution in [0.4, 0.5) is 4.79 Å². The van der Waals surface area contributed by atoms with Gasteiger partial charge in [0.15, 0.2) is 0 Å². The summed E-state index contributed by atoms with van der Waals surface area (Å²) in [5.41, 5.74) is -0.481. The molecule has 0 spiro atoms. The van der Waals surface area contributed by atoms with Crippen LogP contribution in [-0.2, 0) is 15.1 Å². The maximum absolute atomic E-state index is 11.9.